The summed E-state index contributed by atoms with van der Waals surface area (Å²) in [4.78, 5) is 11.7. The molecule has 5 nitrogen and oxygen atoms in total. The standard InChI is InChI=1S/C19H14F3NO4S/c20-19(21,22)27-16-3-1-2-13-14(16)8-9-15(13)26-12-6-4-11(5-7-12)17-10-18(24)23-28(17)25/h1-7,10,15H,8-9H2,(H,23,24)/t15-,28?/m1/s1. The van der Waals surface area contributed by atoms with E-state index in [1.807, 2.05) is 0 Å². The molecule has 2 aliphatic rings. The van der Waals surface area contributed by atoms with E-state index in [0.29, 0.717) is 40.2 Å². The van der Waals surface area contributed by atoms with Gasteiger partial charge in [-0.3, -0.25) is 9.52 Å². The van der Waals surface area contributed by atoms with Crippen LogP contribution in [-0.2, 0) is 22.2 Å². The minimum atomic E-state index is -4.74. The van der Waals surface area contributed by atoms with Crippen molar-refractivity contribution >= 4 is 21.8 Å². The molecule has 0 spiro atoms. The van der Waals surface area contributed by atoms with Crippen molar-refractivity contribution in [3.8, 4) is 11.5 Å². The molecule has 1 aliphatic heterocycles. The Morgan fingerprint density at radius 3 is 2.50 bits per heavy atom. The fourth-order valence-corrected chi connectivity index (χ4v) is 4.24. The molecular formula is C19H14F3NO4S. The highest BCUT2D eigenvalue weighted by Gasteiger charge is 2.35. The van der Waals surface area contributed by atoms with Crippen molar-refractivity contribution in [1.29, 1.82) is 0 Å². The topological polar surface area (TPSA) is 64.6 Å². The normalized spacial score (nSPS) is 21.1. The molecule has 9 heteroatoms. The van der Waals surface area contributed by atoms with Crippen molar-refractivity contribution < 1.29 is 31.6 Å². The second-order valence-corrected chi connectivity index (χ2v) is 7.47. The van der Waals surface area contributed by atoms with Gasteiger partial charge in [-0.2, -0.15) is 0 Å². The van der Waals surface area contributed by atoms with Crippen LogP contribution in [0.1, 0.15) is 29.2 Å². The van der Waals surface area contributed by atoms with E-state index in [-0.39, 0.29) is 11.9 Å². The molecule has 1 unspecified atom stereocenters. The first-order valence-electron chi connectivity index (χ1n) is 8.39. The van der Waals surface area contributed by atoms with Crippen molar-refractivity contribution in [3.63, 3.8) is 0 Å². The first-order valence-corrected chi connectivity index (χ1v) is 9.54. The van der Waals surface area contributed by atoms with Gasteiger partial charge in [0.2, 0.25) is 0 Å². The Balaban J connectivity index is 1.51. The molecule has 0 aromatic heterocycles. The van der Waals surface area contributed by atoms with Gasteiger partial charge in [-0.15, -0.1) is 13.2 Å². The number of rotatable bonds is 4. The van der Waals surface area contributed by atoms with Crippen molar-refractivity contribution in [2.24, 2.45) is 0 Å². The van der Waals surface area contributed by atoms with Crippen LogP contribution in [-0.4, -0.2) is 16.5 Å². The van der Waals surface area contributed by atoms with Crippen LogP contribution in [0.2, 0.25) is 0 Å². The van der Waals surface area contributed by atoms with E-state index in [9.17, 15) is 22.2 Å². The summed E-state index contributed by atoms with van der Waals surface area (Å²) in [6.45, 7) is 0. The van der Waals surface area contributed by atoms with Crippen molar-refractivity contribution in [2.45, 2.75) is 25.3 Å². The molecule has 1 amide bonds. The number of hydrogen-bond acceptors (Lipinski definition) is 4. The molecule has 0 bridgehead atoms. The van der Waals surface area contributed by atoms with E-state index >= 15 is 0 Å². The molecule has 0 saturated heterocycles. The minimum Gasteiger partial charge on any atom is -0.486 e. The lowest BCUT2D eigenvalue weighted by molar-refractivity contribution is -0.274. The molecule has 2 aromatic carbocycles. The van der Waals surface area contributed by atoms with Gasteiger partial charge in [-0.05, 0) is 42.2 Å². The zero-order valence-corrected chi connectivity index (χ0v) is 15.1. The summed E-state index contributed by atoms with van der Waals surface area (Å²) in [6.07, 6.45) is -2.90. The van der Waals surface area contributed by atoms with E-state index in [1.54, 1.807) is 30.3 Å². The van der Waals surface area contributed by atoms with Crippen molar-refractivity contribution in [2.75, 3.05) is 0 Å². The fourth-order valence-electron chi connectivity index (χ4n) is 3.33. The molecule has 0 radical (unpaired) electrons. The Labute approximate surface area is 160 Å². The summed E-state index contributed by atoms with van der Waals surface area (Å²) in [5, 5.41) is 0. The lowest BCUT2D eigenvalue weighted by Crippen LogP contribution is -2.18. The van der Waals surface area contributed by atoms with E-state index in [4.69, 9.17) is 4.74 Å². The summed E-state index contributed by atoms with van der Waals surface area (Å²) in [5.74, 6) is -0.0835. The van der Waals surface area contributed by atoms with Gasteiger partial charge >= 0.3 is 6.36 Å². The van der Waals surface area contributed by atoms with Crippen LogP contribution in [0, 0.1) is 0 Å². The summed E-state index contributed by atoms with van der Waals surface area (Å²) < 4.78 is 61.8. The minimum absolute atomic E-state index is 0.195. The first-order chi connectivity index (χ1) is 13.3. The number of carbonyl (C=O) groups is 1. The molecule has 0 fully saturated rings. The van der Waals surface area contributed by atoms with E-state index in [0.717, 1.165) is 0 Å². The van der Waals surface area contributed by atoms with Crippen LogP contribution in [0.25, 0.3) is 4.91 Å². The maximum absolute atomic E-state index is 12.6. The summed E-state index contributed by atoms with van der Waals surface area (Å²) in [6, 6.07) is 11.2. The van der Waals surface area contributed by atoms with Crippen LogP contribution in [0.5, 0.6) is 11.5 Å². The Morgan fingerprint density at radius 1 is 1.11 bits per heavy atom. The van der Waals surface area contributed by atoms with E-state index in [1.165, 1.54) is 18.2 Å². The third kappa shape index (κ3) is 3.75. The molecule has 2 aromatic rings. The molecule has 1 N–H and O–H groups in total. The SMILES string of the molecule is O=C1C=C(c2ccc(O[C@@H]3CCc4c(OC(F)(F)F)cccc43)cc2)S(=O)N1. The van der Waals surface area contributed by atoms with E-state index in [2.05, 4.69) is 9.46 Å². The number of hydrogen-bond donors (Lipinski definition) is 1. The van der Waals surface area contributed by atoms with Crippen LogP contribution in [0.3, 0.4) is 0 Å². The van der Waals surface area contributed by atoms with Gasteiger partial charge in [0.15, 0.2) is 11.0 Å². The number of nitrogens with one attached hydrogen (secondary N) is 1. The van der Waals surface area contributed by atoms with Crippen LogP contribution in [0.4, 0.5) is 13.2 Å². The van der Waals surface area contributed by atoms with Gasteiger partial charge in [0, 0.05) is 11.6 Å². The maximum atomic E-state index is 12.6. The quantitative estimate of drug-likeness (QED) is 0.835. The molecule has 1 aliphatic carbocycles. The number of carbonyl (C=O) groups excluding carboxylic acids is 1. The summed E-state index contributed by atoms with van der Waals surface area (Å²) in [7, 11) is -1.58. The predicted molar refractivity (Wildman–Crippen MR) is 95.5 cm³/mol. The maximum Gasteiger partial charge on any atom is 0.573 e. The molecule has 0 saturated carbocycles. The lowest BCUT2D eigenvalue weighted by atomic mass is 10.1. The molecule has 28 heavy (non-hydrogen) atoms. The van der Waals surface area contributed by atoms with Gasteiger partial charge in [0.05, 0.1) is 4.91 Å². The average Bonchev–Trinajstić information content (AvgIpc) is 3.18. The second-order valence-electron chi connectivity index (χ2n) is 6.28. The first kappa shape index (κ1) is 18.5. The monoisotopic (exact) mass is 409 g/mol. The number of alkyl halides is 3. The summed E-state index contributed by atoms with van der Waals surface area (Å²) >= 11 is 0. The zero-order valence-electron chi connectivity index (χ0n) is 14.3. The van der Waals surface area contributed by atoms with Gasteiger partial charge in [0.1, 0.15) is 17.6 Å². The predicted octanol–water partition coefficient (Wildman–Crippen LogP) is 3.79. The molecule has 1 heterocycles. The van der Waals surface area contributed by atoms with E-state index < -0.39 is 23.3 Å². The molecular weight excluding hydrogens is 395 g/mol. The Kier molecular flexibility index (Phi) is 4.62. The van der Waals surface area contributed by atoms with Crippen LogP contribution in [0.15, 0.2) is 48.5 Å². The Hall–Kier alpha value is -2.81. The average molecular weight is 409 g/mol. The third-order valence-electron chi connectivity index (χ3n) is 4.47. The molecule has 146 valence electrons. The van der Waals surface area contributed by atoms with Gasteiger partial charge in [-0.25, -0.2) is 4.21 Å². The summed E-state index contributed by atoms with van der Waals surface area (Å²) in [5.41, 5.74) is 1.79. The number of benzene rings is 2. The fraction of sp³-hybridized carbons (Fsp3) is 0.211. The third-order valence-corrected chi connectivity index (χ3v) is 5.61. The number of amides is 1. The number of halogens is 3. The van der Waals surface area contributed by atoms with Gasteiger partial charge < -0.3 is 9.47 Å². The highest BCUT2D eigenvalue weighted by molar-refractivity contribution is 7.93. The molecule has 2 atom stereocenters. The van der Waals surface area contributed by atoms with Crippen LogP contribution >= 0.6 is 0 Å². The number of fused-ring (bicyclic) bond motifs is 1. The highest BCUT2D eigenvalue weighted by atomic mass is 32.2. The lowest BCUT2D eigenvalue weighted by Gasteiger charge is -2.16. The zero-order chi connectivity index (χ0) is 19.9. The molecule has 4 rings (SSSR count). The van der Waals surface area contributed by atoms with Gasteiger partial charge in [0.25, 0.3) is 5.91 Å². The Bertz CT molecular complexity index is 986. The second kappa shape index (κ2) is 6.97. The highest BCUT2D eigenvalue weighted by Crippen LogP contribution is 2.41. The largest absolute Gasteiger partial charge is 0.573 e. The van der Waals surface area contributed by atoms with Crippen LogP contribution < -0.4 is 14.2 Å². The Morgan fingerprint density at radius 2 is 1.86 bits per heavy atom. The van der Waals surface area contributed by atoms with Crippen molar-refractivity contribution in [1.82, 2.24) is 4.72 Å². The smallest absolute Gasteiger partial charge is 0.486 e. The van der Waals surface area contributed by atoms with Crippen molar-refractivity contribution in [3.05, 3.63) is 65.2 Å². The van der Waals surface area contributed by atoms with Gasteiger partial charge in [-0.1, -0.05) is 24.3 Å². The number of ether oxygens (including phenoxy) is 2.